The van der Waals surface area contributed by atoms with Crippen LogP contribution in [0.15, 0.2) is 79.5 Å². The molecule has 1 amide bonds. The van der Waals surface area contributed by atoms with Crippen LogP contribution in [0, 0.1) is 5.82 Å². The minimum Gasteiger partial charge on any atom is -0.497 e. The van der Waals surface area contributed by atoms with Crippen LogP contribution < -0.4 is 9.47 Å². The van der Waals surface area contributed by atoms with Gasteiger partial charge in [-0.1, -0.05) is 12.1 Å². The van der Waals surface area contributed by atoms with Gasteiger partial charge in [0.15, 0.2) is 5.17 Å². The number of thioether (sulfide) groups is 1. The molecule has 1 heterocycles. The van der Waals surface area contributed by atoms with Gasteiger partial charge in [0.1, 0.15) is 23.9 Å². The number of amidine groups is 1. The van der Waals surface area contributed by atoms with Gasteiger partial charge in [0.05, 0.1) is 26.6 Å². The number of benzene rings is 3. The highest BCUT2D eigenvalue weighted by atomic mass is 79.9. The van der Waals surface area contributed by atoms with E-state index in [0.29, 0.717) is 29.0 Å². The van der Waals surface area contributed by atoms with E-state index in [1.165, 1.54) is 23.9 Å². The Labute approximate surface area is 224 Å². The lowest BCUT2D eigenvalue weighted by Gasteiger charge is -2.12. The Bertz CT molecular complexity index is 1270. The van der Waals surface area contributed by atoms with Crippen LogP contribution in [0.4, 0.5) is 10.1 Å². The Balaban J connectivity index is 1.54. The van der Waals surface area contributed by atoms with Crippen molar-refractivity contribution < 1.29 is 18.7 Å². The van der Waals surface area contributed by atoms with E-state index in [9.17, 15) is 9.18 Å². The first kappa shape index (κ1) is 25.5. The van der Waals surface area contributed by atoms with Crippen molar-refractivity contribution >= 4 is 66.5 Å². The minimum absolute atomic E-state index is 0.0892. The number of rotatable bonds is 7. The molecule has 0 aromatic heterocycles. The van der Waals surface area contributed by atoms with E-state index >= 15 is 0 Å². The summed E-state index contributed by atoms with van der Waals surface area (Å²) in [5.41, 5.74) is 2.43. The molecule has 35 heavy (non-hydrogen) atoms. The van der Waals surface area contributed by atoms with E-state index in [1.54, 1.807) is 24.1 Å². The molecule has 1 saturated heterocycles. The van der Waals surface area contributed by atoms with Gasteiger partial charge in [-0.05, 0) is 116 Å². The summed E-state index contributed by atoms with van der Waals surface area (Å²) in [6.45, 7) is 2.73. The average molecular weight is 620 g/mol. The van der Waals surface area contributed by atoms with Crippen molar-refractivity contribution in [2.45, 2.75) is 13.5 Å². The number of hydrogen-bond acceptors (Lipinski definition) is 5. The molecule has 0 unspecified atom stereocenters. The van der Waals surface area contributed by atoms with E-state index in [4.69, 9.17) is 9.47 Å². The van der Waals surface area contributed by atoms with Crippen LogP contribution in [-0.2, 0) is 11.4 Å². The summed E-state index contributed by atoms with van der Waals surface area (Å²) in [7, 11) is 1.61. The van der Waals surface area contributed by atoms with Gasteiger partial charge in [-0.3, -0.25) is 9.69 Å². The fraction of sp³-hybridized carbons (Fsp3) is 0.154. The molecule has 4 rings (SSSR count). The van der Waals surface area contributed by atoms with Gasteiger partial charge >= 0.3 is 0 Å². The summed E-state index contributed by atoms with van der Waals surface area (Å²) < 4.78 is 25.7. The van der Waals surface area contributed by atoms with E-state index in [-0.39, 0.29) is 11.7 Å². The molecule has 5 nitrogen and oxygen atoms in total. The zero-order chi connectivity index (χ0) is 24.9. The normalized spacial score (nSPS) is 15.8. The van der Waals surface area contributed by atoms with E-state index in [0.717, 1.165) is 31.5 Å². The molecule has 3 aromatic rings. The molecule has 9 heteroatoms. The summed E-state index contributed by atoms with van der Waals surface area (Å²) in [6, 6.07) is 17.3. The number of carbonyl (C=O) groups excluding carboxylic acids is 1. The van der Waals surface area contributed by atoms with Crippen molar-refractivity contribution in [3.05, 3.63) is 91.5 Å². The molecular formula is C26H21Br2FN2O3S. The first-order valence-corrected chi connectivity index (χ1v) is 13.1. The van der Waals surface area contributed by atoms with Crippen LogP contribution in [0.1, 0.15) is 18.1 Å². The van der Waals surface area contributed by atoms with Gasteiger partial charge in [-0.2, -0.15) is 0 Å². The molecule has 1 aliphatic heterocycles. The molecular weight excluding hydrogens is 599 g/mol. The van der Waals surface area contributed by atoms with Crippen molar-refractivity contribution in [2.24, 2.45) is 4.99 Å². The highest BCUT2D eigenvalue weighted by Gasteiger charge is 2.32. The third-order valence-corrected chi connectivity index (χ3v) is 7.30. The highest BCUT2D eigenvalue weighted by Crippen LogP contribution is 2.38. The van der Waals surface area contributed by atoms with Crippen LogP contribution in [0.2, 0.25) is 0 Å². The molecule has 1 aliphatic rings. The lowest BCUT2D eigenvalue weighted by molar-refractivity contribution is -0.122. The fourth-order valence-corrected chi connectivity index (χ4v) is 5.84. The quantitative estimate of drug-likeness (QED) is 0.256. The third-order valence-electron chi connectivity index (χ3n) is 5.12. The number of nitrogens with zero attached hydrogens (tertiary/aromatic N) is 2. The van der Waals surface area contributed by atoms with Gasteiger partial charge in [-0.15, -0.1) is 0 Å². The first-order valence-electron chi connectivity index (χ1n) is 10.7. The van der Waals surface area contributed by atoms with Gasteiger partial charge in [0, 0.05) is 6.54 Å². The molecule has 3 aromatic carbocycles. The number of likely N-dealkylation sites (N-methyl/N-ethyl adjacent to an activating group) is 1. The number of amides is 1. The molecule has 0 radical (unpaired) electrons. The largest absolute Gasteiger partial charge is 0.497 e. The Morgan fingerprint density at radius 3 is 2.31 bits per heavy atom. The molecule has 0 N–H and O–H groups in total. The predicted molar refractivity (Wildman–Crippen MR) is 146 cm³/mol. The summed E-state index contributed by atoms with van der Waals surface area (Å²) in [4.78, 5) is 19.9. The predicted octanol–water partition coefficient (Wildman–Crippen LogP) is 7.56. The van der Waals surface area contributed by atoms with Crippen LogP contribution >= 0.6 is 43.6 Å². The van der Waals surface area contributed by atoms with E-state index in [2.05, 4.69) is 36.9 Å². The smallest absolute Gasteiger partial charge is 0.266 e. The molecule has 0 atom stereocenters. The minimum atomic E-state index is -0.285. The fourth-order valence-electron chi connectivity index (χ4n) is 3.33. The maximum atomic E-state index is 13.1. The van der Waals surface area contributed by atoms with Crippen molar-refractivity contribution in [2.75, 3.05) is 13.7 Å². The van der Waals surface area contributed by atoms with Gasteiger partial charge in [-0.25, -0.2) is 9.38 Å². The SMILES string of the molecule is CCN1C(=O)/C(=C\c2cc(Br)c(OCc3ccc(F)cc3)c(Br)c2)SC1=Nc1ccc(OC)cc1. The molecule has 1 fully saturated rings. The number of carbonyl (C=O) groups is 1. The lowest BCUT2D eigenvalue weighted by Crippen LogP contribution is -2.28. The Morgan fingerprint density at radius 1 is 1.06 bits per heavy atom. The Morgan fingerprint density at radius 2 is 1.71 bits per heavy atom. The second-order valence-electron chi connectivity index (χ2n) is 7.48. The van der Waals surface area contributed by atoms with Crippen molar-refractivity contribution in [3.8, 4) is 11.5 Å². The van der Waals surface area contributed by atoms with E-state index in [1.807, 2.05) is 49.4 Å². The summed E-state index contributed by atoms with van der Waals surface area (Å²) >= 11 is 8.46. The molecule has 0 aliphatic carbocycles. The van der Waals surface area contributed by atoms with E-state index < -0.39 is 0 Å². The summed E-state index contributed by atoms with van der Waals surface area (Å²) in [5, 5.41) is 0.631. The number of methoxy groups -OCH3 is 1. The number of hydrogen-bond donors (Lipinski definition) is 0. The summed E-state index contributed by atoms with van der Waals surface area (Å²) in [5.74, 6) is 0.998. The van der Waals surface area contributed by atoms with Crippen molar-refractivity contribution in [1.82, 2.24) is 4.90 Å². The van der Waals surface area contributed by atoms with Gasteiger partial charge in [0.25, 0.3) is 5.91 Å². The average Bonchev–Trinajstić information content (AvgIpc) is 3.13. The number of aliphatic imine (C=N–C) groups is 1. The van der Waals surface area contributed by atoms with Crippen molar-refractivity contribution in [1.29, 1.82) is 0 Å². The molecule has 0 saturated carbocycles. The zero-order valence-corrected chi connectivity index (χ0v) is 22.9. The highest BCUT2D eigenvalue weighted by molar-refractivity contribution is 9.11. The standard InChI is InChI=1S/C26H21Br2FN2O3S/c1-3-31-25(32)23(35-26(31)30-19-8-10-20(33-2)11-9-19)14-17-12-21(27)24(22(28)13-17)34-15-16-4-6-18(29)7-5-16/h4-14H,3,15H2,1-2H3/b23-14+,30-26?. The zero-order valence-electron chi connectivity index (χ0n) is 18.9. The second-order valence-corrected chi connectivity index (χ2v) is 10.2. The lowest BCUT2D eigenvalue weighted by atomic mass is 10.2. The Hall–Kier alpha value is -2.62. The van der Waals surface area contributed by atoms with Crippen LogP contribution in [0.3, 0.4) is 0 Å². The van der Waals surface area contributed by atoms with Crippen LogP contribution in [0.5, 0.6) is 11.5 Å². The number of ether oxygens (including phenoxy) is 2. The van der Waals surface area contributed by atoms with Crippen LogP contribution in [0.25, 0.3) is 6.08 Å². The van der Waals surface area contributed by atoms with Crippen molar-refractivity contribution in [3.63, 3.8) is 0 Å². The maximum absolute atomic E-state index is 13.1. The second kappa shape index (κ2) is 11.4. The maximum Gasteiger partial charge on any atom is 0.266 e. The topological polar surface area (TPSA) is 51.1 Å². The number of halogens is 3. The van der Waals surface area contributed by atoms with Gasteiger partial charge in [0.2, 0.25) is 0 Å². The molecule has 0 spiro atoms. The third kappa shape index (κ3) is 6.15. The molecule has 180 valence electrons. The first-order chi connectivity index (χ1) is 16.9. The monoisotopic (exact) mass is 618 g/mol. The molecule has 0 bridgehead atoms. The van der Waals surface area contributed by atoms with Gasteiger partial charge < -0.3 is 9.47 Å². The Kier molecular flexibility index (Phi) is 8.30. The summed E-state index contributed by atoms with van der Waals surface area (Å²) in [6.07, 6.45) is 1.84. The van der Waals surface area contributed by atoms with Crippen LogP contribution in [-0.4, -0.2) is 29.6 Å².